The van der Waals surface area contributed by atoms with Crippen LogP contribution in [0.3, 0.4) is 0 Å². The highest BCUT2D eigenvalue weighted by Crippen LogP contribution is 2.37. The first-order valence-electron chi connectivity index (χ1n) is 10.7. The topological polar surface area (TPSA) is 66.8 Å². The zero-order valence-electron chi connectivity index (χ0n) is 19.1. The van der Waals surface area contributed by atoms with Crippen molar-refractivity contribution in [3.05, 3.63) is 49.6 Å². The minimum atomic E-state index is -1.09. The molecule has 0 spiro atoms. The van der Waals surface area contributed by atoms with Crippen LogP contribution in [-0.2, 0) is 4.74 Å². The number of carbonyl (C=O) groups excluding carboxylic acids is 1. The fourth-order valence-electron chi connectivity index (χ4n) is 3.83. The van der Waals surface area contributed by atoms with Gasteiger partial charge in [-0.3, -0.25) is 4.79 Å². The third kappa shape index (κ3) is 6.30. The Morgan fingerprint density at radius 1 is 1.15 bits per heavy atom. The summed E-state index contributed by atoms with van der Waals surface area (Å²) < 4.78 is 5.48. The molecule has 176 valence electrons. The maximum atomic E-state index is 13.8. The van der Waals surface area contributed by atoms with Crippen LogP contribution in [0.4, 0.5) is 5.69 Å². The average Bonchev–Trinajstić information content (AvgIpc) is 3.16. The summed E-state index contributed by atoms with van der Waals surface area (Å²) in [4.78, 5) is 28.2. The molecule has 1 N–H and O–H groups in total. The number of amides is 1. The summed E-state index contributed by atoms with van der Waals surface area (Å²) in [6, 6.07) is 6.21. The number of carboxylic acid groups (broad SMARTS) is 1. The number of rotatable bonds is 5. The first-order chi connectivity index (χ1) is 15.5. The Balaban J connectivity index is 2.10. The van der Waals surface area contributed by atoms with Crippen LogP contribution in [0.1, 0.15) is 71.4 Å². The molecule has 33 heavy (non-hydrogen) atoms. The van der Waals surface area contributed by atoms with E-state index in [0.717, 1.165) is 24.2 Å². The molecule has 1 aliphatic carbocycles. The molecule has 0 bridgehead atoms. The molecule has 1 amide bonds. The fraction of sp³-hybridized carbons (Fsp3) is 0.440. The summed E-state index contributed by atoms with van der Waals surface area (Å²) in [5.41, 5.74) is 0.390. The summed E-state index contributed by atoms with van der Waals surface area (Å²) in [6.45, 7) is 5.96. The number of carbonyl (C=O) groups is 2. The summed E-state index contributed by atoms with van der Waals surface area (Å²) in [6.07, 6.45) is 3.07. The van der Waals surface area contributed by atoms with Gasteiger partial charge in [-0.1, -0.05) is 35.0 Å². The van der Waals surface area contributed by atoms with Gasteiger partial charge in [-0.15, -0.1) is 11.3 Å². The Hall–Kier alpha value is -2.04. The van der Waals surface area contributed by atoms with E-state index in [9.17, 15) is 14.7 Å². The molecule has 5 nitrogen and oxygen atoms in total. The zero-order chi connectivity index (χ0) is 24.3. The quantitative estimate of drug-likeness (QED) is 0.454. The maximum Gasteiger partial charge on any atom is 0.348 e. The third-order valence-electron chi connectivity index (χ3n) is 5.45. The highest BCUT2D eigenvalue weighted by Gasteiger charge is 2.34. The molecule has 0 unspecified atom stereocenters. The van der Waals surface area contributed by atoms with Crippen molar-refractivity contribution in [2.75, 3.05) is 12.0 Å². The van der Waals surface area contributed by atoms with Crippen LogP contribution in [0.25, 0.3) is 0 Å². The Kier molecular flexibility index (Phi) is 8.13. The summed E-state index contributed by atoms with van der Waals surface area (Å²) in [5, 5.41) is 10.6. The third-order valence-corrected chi connectivity index (χ3v) is 7.03. The van der Waals surface area contributed by atoms with Crippen LogP contribution >= 0.6 is 34.5 Å². The van der Waals surface area contributed by atoms with Crippen molar-refractivity contribution in [2.45, 2.75) is 58.6 Å². The molecule has 0 saturated heterocycles. The Morgan fingerprint density at radius 2 is 1.82 bits per heavy atom. The second-order valence-corrected chi connectivity index (χ2v) is 11.0. The number of nitrogens with zero attached hydrogens (tertiary/aromatic N) is 1. The Morgan fingerprint density at radius 3 is 2.36 bits per heavy atom. The van der Waals surface area contributed by atoms with E-state index < -0.39 is 5.97 Å². The van der Waals surface area contributed by atoms with Crippen molar-refractivity contribution in [1.82, 2.24) is 0 Å². The van der Waals surface area contributed by atoms with Gasteiger partial charge < -0.3 is 14.7 Å². The zero-order valence-corrected chi connectivity index (χ0v) is 21.4. The highest BCUT2D eigenvalue weighted by atomic mass is 35.5. The van der Waals surface area contributed by atoms with Crippen molar-refractivity contribution < 1.29 is 19.4 Å². The van der Waals surface area contributed by atoms with Crippen LogP contribution in [0, 0.1) is 17.3 Å². The fourth-order valence-corrected chi connectivity index (χ4v) is 5.16. The Bertz CT molecular complexity index is 1100. The molecule has 1 fully saturated rings. The molecule has 1 saturated carbocycles. The van der Waals surface area contributed by atoms with E-state index in [1.165, 1.54) is 6.07 Å². The molecule has 8 heteroatoms. The minimum absolute atomic E-state index is 0.0838. The maximum absolute atomic E-state index is 13.8. The number of methoxy groups -OCH3 is 1. The summed E-state index contributed by atoms with van der Waals surface area (Å²) in [7, 11) is 1.68. The van der Waals surface area contributed by atoms with Gasteiger partial charge in [-0.2, -0.15) is 0 Å². The molecular weight excluding hydrogens is 481 g/mol. The lowest BCUT2D eigenvalue weighted by atomic mass is 9.91. The number of carboxylic acids is 1. The van der Waals surface area contributed by atoms with Crippen LogP contribution in [-0.4, -0.2) is 36.2 Å². The van der Waals surface area contributed by atoms with E-state index in [-0.39, 0.29) is 38.9 Å². The van der Waals surface area contributed by atoms with Crippen molar-refractivity contribution in [3.63, 3.8) is 0 Å². The first kappa shape index (κ1) is 25.6. The van der Waals surface area contributed by atoms with Gasteiger partial charge in [0.25, 0.3) is 5.91 Å². The number of thiophene rings is 1. The molecule has 0 radical (unpaired) electrons. The predicted octanol–water partition coefficient (Wildman–Crippen LogP) is 6.76. The van der Waals surface area contributed by atoms with Gasteiger partial charge in [0.05, 0.1) is 27.3 Å². The van der Waals surface area contributed by atoms with Crippen molar-refractivity contribution in [1.29, 1.82) is 0 Å². The van der Waals surface area contributed by atoms with E-state index in [1.807, 2.05) is 20.8 Å². The predicted molar refractivity (Wildman–Crippen MR) is 134 cm³/mol. The summed E-state index contributed by atoms with van der Waals surface area (Å²) >= 11 is 13.5. The van der Waals surface area contributed by atoms with Crippen LogP contribution in [0.15, 0.2) is 24.3 Å². The van der Waals surface area contributed by atoms with E-state index in [1.54, 1.807) is 30.2 Å². The Labute approximate surface area is 208 Å². The van der Waals surface area contributed by atoms with Gasteiger partial charge in [-0.05, 0) is 70.7 Å². The van der Waals surface area contributed by atoms with Gasteiger partial charge in [0.2, 0.25) is 0 Å². The molecular formula is C25H27Cl2NO4S. The second kappa shape index (κ2) is 10.5. The van der Waals surface area contributed by atoms with Crippen molar-refractivity contribution in [2.24, 2.45) is 5.41 Å². The minimum Gasteiger partial charge on any atom is -0.477 e. The first-order valence-corrected chi connectivity index (χ1v) is 12.3. The van der Waals surface area contributed by atoms with Crippen LogP contribution in [0.2, 0.25) is 10.0 Å². The van der Waals surface area contributed by atoms with Gasteiger partial charge in [0.15, 0.2) is 0 Å². The van der Waals surface area contributed by atoms with Crippen LogP contribution < -0.4 is 4.90 Å². The number of anilines is 1. The monoisotopic (exact) mass is 507 g/mol. The van der Waals surface area contributed by atoms with Gasteiger partial charge >= 0.3 is 5.97 Å². The van der Waals surface area contributed by atoms with Crippen molar-refractivity contribution in [3.8, 4) is 11.8 Å². The van der Waals surface area contributed by atoms with Crippen molar-refractivity contribution >= 4 is 52.1 Å². The SMILES string of the molecule is CO[C@H]1CC[C@@H](N(C(=O)c2ccc(Cl)cc2Cl)c2cc(C#CC(C)(C)C)sc2C(=O)O)CC1. The van der Waals surface area contributed by atoms with E-state index >= 15 is 0 Å². The molecule has 1 aromatic heterocycles. The van der Waals surface area contributed by atoms with E-state index in [0.29, 0.717) is 28.4 Å². The standard InChI is InChI=1S/C25H27Cl2NO4S/c1-25(2,3)12-11-18-14-21(22(33-18)24(30)31)28(16-6-8-17(32-4)9-7-16)23(29)19-10-5-15(26)13-20(19)27/h5,10,13-14,16-17H,6-9H2,1-4H3,(H,30,31)/t16-,17+. The van der Waals surface area contributed by atoms with Crippen LogP contribution in [0.5, 0.6) is 0 Å². The molecule has 1 aliphatic rings. The highest BCUT2D eigenvalue weighted by molar-refractivity contribution is 7.15. The largest absolute Gasteiger partial charge is 0.477 e. The molecule has 0 aliphatic heterocycles. The smallest absolute Gasteiger partial charge is 0.348 e. The lowest BCUT2D eigenvalue weighted by Crippen LogP contribution is -2.44. The van der Waals surface area contributed by atoms with E-state index in [2.05, 4.69) is 11.8 Å². The number of hydrogen-bond acceptors (Lipinski definition) is 4. The molecule has 0 atom stereocenters. The number of ether oxygens (including phenoxy) is 1. The lowest BCUT2D eigenvalue weighted by molar-refractivity contribution is 0.0635. The van der Waals surface area contributed by atoms with Gasteiger partial charge in [0.1, 0.15) is 4.88 Å². The average molecular weight is 508 g/mol. The number of halogens is 2. The summed E-state index contributed by atoms with van der Waals surface area (Å²) in [5.74, 6) is 4.77. The molecule has 1 aromatic carbocycles. The normalized spacial score (nSPS) is 18.4. The van der Waals surface area contributed by atoms with Gasteiger partial charge in [-0.25, -0.2) is 4.79 Å². The van der Waals surface area contributed by atoms with Gasteiger partial charge in [0, 0.05) is 23.6 Å². The molecule has 3 rings (SSSR count). The molecule has 2 aromatic rings. The lowest BCUT2D eigenvalue weighted by Gasteiger charge is -2.36. The number of hydrogen-bond donors (Lipinski definition) is 1. The number of aromatic carboxylic acids is 1. The number of benzene rings is 1. The molecule has 1 heterocycles. The second-order valence-electron chi connectivity index (χ2n) is 9.10. The van der Waals surface area contributed by atoms with E-state index in [4.69, 9.17) is 27.9 Å².